The number of rotatable bonds is 7. The number of hydrogen-bond donors (Lipinski definition) is 1. The molecule has 0 fully saturated rings. The van der Waals surface area contributed by atoms with Gasteiger partial charge in [-0.1, -0.05) is 66.2 Å². The zero-order chi connectivity index (χ0) is 21.3. The first-order valence-electron chi connectivity index (χ1n) is 9.47. The molecule has 1 N–H and O–H groups in total. The molecule has 0 heterocycles. The molecule has 0 aliphatic heterocycles. The molecule has 30 heavy (non-hydrogen) atoms. The Morgan fingerprint density at radius 1 is 1.07 bits per heavy atom. The minimum Gasteiger partial charge on any atom is -0.488 e. The smallest absolute Gasteiger partial charge is 0.262 e. The lowest BCUT2D eigenvalue weighted by molar-refractivity contribution is -0.117. The number of carbonyl (C=O) groups excluding carboxylic acids is 1. The number of halogens is 1. The second-order valence-corrected chi connectivity index (χ2v) is 7.66. The number of carbonyl (C=O) groups is 1. The first kappa shape index (κ1) is 21.4. The van der Waals surface area contributed by atoms with Gasteiger partial charge in [0.2, 0.25) is 0 Å². The van der Waals surface area contributed by atoms with Crippen LogP contribution in [0.3, 0.4) is 0 Å². The number of amides is 1. The maximum atomic E-state index is 12.4. The predicted molar refractivity (Wildman–Crippen MR) is 122 cm³/mol. The molecule has 3 rings (SSSR count). The molecule has 0 unspecified atom stereocenters. The van der Waals surface area contributed by atoms with Crippen LogP contribution in [0.5, 0.6) is 5.75 Å². The molecule has 0 saturated carbocycles. The molecular weight excluding hydrogens is 440 g/mol. The van der Waals surface area contributed by atoms with E-state index in [0.29, 0.717) is 18.9 Å². The van der Waals surface area contributed by atoms with E-state index in [1.165, 1.54) is 5.56 Å². The van der Waals surface area contributed by atoms with Crippen LogP contribution in [-0.4, -0.2) is 5.91 Å². The van der Waals surface area contributed by atoms with E-state index in [2.05, 4.69) is 27.3 Å². The highest BCUT2D eigenvalue weighted by Crippen LogP contribution is 2.28. The lowest BCUT2D eigenvalue weighted by Crippen LogP contribution is -2.23. The van der Waals surface area contributed by atoms with Gasteiger partial charge in [-0.2, -0.15) is 5.26 Å². The highest BCUT2D eigenvalue weighted by atomic mass is 79.9. The second kappa shape index (κ2) is 10.4. The molecule has 3 aromatic rings. The van der Waals surface area contributed by atoms with E-state index < -0.39 is 5.91 Å². The topological polar surface area (TPSA) is 62.1 Å². The van der Waals surface area contributed by atoms with Crippen molar-refractivity contribution in [2.75, 3.05) is 0 Å². The number of nitriles is 1. The molecule has 0 aliphatic carbocycles. The van der Waals surface area contributed by atoms with Crippen LogP contribution in [0.25, 0.3) is 6.08 Å². The highest BCUT2D eigenvalue weighted by Gasteiger charge is 2.10. The Balaban J connectivity index is 1.65. The van der Waals surface area contributed by atoms with Crippen molar-refractivity contribution in [3.63, 3.8) is 0 Å². The van der Waals surface area contributed by atoms with Crippen molar-refractivity contribution >= 4 is 27.9 Å². The van der Waals surface area contributed by atoms with Gasteiger partial charge in [-0.15, -0.1) is 0 Å². The molecule has 5 heteroatoms. The molecule has 0 spiro atoms. The van der Waals surface area contributed by atoms with Crippen molar-refractivity contribution in [3.05, 3.63) is 105 Å². The number of nitrogens with one attached hydrogen (secondary N) is 1. The van der Waals surface area contributed by atoms with E-state index in [-0.39, 0.29) is 5.57 Å². The number of nitrogens with zero attached hydrogens (tertiary/aromatic N) is 1. The van der Waals surface area contributed by atoms with Crippen molar-refractivity contribution < 1.29 is 9.53 Å². The van der Waals surface area contributed by atoms with Crippen molar-refractivity contribution in [2.45, 2.75) is 20.1 Å². The summed E-state index contributed by atoms with van der Waals surface area (Å²) in [5.74, 6) is 0.290. The third-order valence-corrected chi connectivity index (χ3v) is 5.02. The van der Waals surface area contributed by atoms with Gasteiger partial charge in [0.1, 0.15) is 24.0 Å². The number of ether oxygens (including phenoxy) is 1. The molecular formula is C25H21BrN2O2. The van der Waals surface area contributed by atoms with E-state index in [9.17, 15) is 10.1 Å². The Bertz CT molecular complexity index is 1100. The van der Waals surface area contributed by atoms with E-state index in [4.69, 9.17) is 4.74 Å². The molecule has 0 saturated heterocycles. The van der Waals surface area contributed by atoms with Crippen LogP contribution >= 0.6 is 15.9 Å². The van der Waals surface area contributed by atoms with E-state index in [1.807, 2.05) is 79.7 Å². The second-order valence-electron chi connectivity index (χ2n) is 6.81. The maximum absolute atomic E-state index is 12.4. The summed E-state index contributed by atoms with van der Waals surface area (Å²) in [6.45, 7) is 2.87. The Morgan fingerprint density at radius 2 is 1.83 bits per heavy atom. The third-order valence-electron chi connectivity index (χ3n) is 4.40. The van der Waals surface area contributed by atoms with Crippen LogP contribution in [0, 0.1) is 18.3 Å². The summed E-state index contributed by atoms with van der Waals surface area (Å²) in [5.41, 5.74) is 4.03. The molecule has 3 aromatic carbocycles. The summed E-state index contributed by atoms with van der Waals surface area (Å²) < 4.78 is 6.64. The van der Waals surface area contributed by atoms with Crippen LogP contribution < -0.4 is 10.1 Å². The molecule has 1 amide bonds. The van der Waals surface area contributed by atoms with Gasteiger partial charge in [0.05, 0.1) is 4.47 Å². The summed E-state index contributed by atoms with van der Waals surface area (Å²) >= 11 is 3.51. The molecule has 150 valence electrons. The highest BCUT2D eigenvalue weighted by molar-refractivity contribution is 9.10. The van der Waals surface area contributed by atoms with Crippen molar-refractivity contribution in [1.29, 1.82) is 5.26 Å². The Hall–Kier alpha value is -3.36. The van der Waals surface area contributed by atoms with Gasteiger partial charge in [-0.3, -0.25) is 4.79 Å². The van der Waals surface area contributed by atoms with Gasteiger partial charge >= 0.3 is 0 Å². The number of benzene rings is 3. The first-order chi connectivity index (χ1) is 14.5. The average molecular weight is 461 g/mol. The Labute approximate surface area is 184 Å². The van der Waals surface area contributed by atoms with Crippen LogP contribution in [0.2, 0.25) is 0 Å². The first-order valence-corrected chi connectivity index (χ1v) is 10.3. The Morgan fingerprint density at radius 3 is 2.53 bits per heavy atom. The SMILES string of the molecule is Cc1cccc(COc2ccc(/C=C(/C#N)C(=O)NCc3ccccc3)cc2Br)c1. The zero-order valence-electron chi connectivity index (χ0n) is 16.6. The standard InChI is InChI=1S/C25H21BrN2O2/c1-18-6-5-9-21(12-18)17-30-24-11-10-20(14-23(24)26)13-22(15-27)25(29)28-16-19-7-3-2-4-8-19/h2-14H,16-17H2,1H3,(H,28,29)/b22-13-. The normalized spacial score (nSPS) is 10.9. The molecule has 0 radical (unpaired) electrons. The molecule has 0 atom stereocenters. The van der Waals surface area contributed by atoms with Gasteiger partial charge in [0, 0.05) is 6.54 Å². The Kier molecular flexibility index (Phi) is 7.42. The van der Waals surface area contributed by atoms with Crippen molar-refractivity contribution in [1.82, 2.24) is 5.32 Å². The molecule has 0 aromatic heterocycles. The fourth-order valence-corrected chi connectivity index (χ4v) is 3.39. The fraction of sp³-hybridized carbons (Fsp3) is 0.120. The molecule has 4 nitrogen and oxygen atoms in total. The van der Waals surface area contributed by atoms with E-state index in [0.717, 1.165) is 21.2 Å². The van der Waals surface area contributed by atoms with Gasteiger partial charge in [0.25, 0.3) is 5.91 Å². The van der Waals surface area contributed by atoms with Gasteiger partial charge in [0.15, 0.2) is 0 Å². The third kappa shape index (κ3) is 6.07. The number of aryl methyl sites for hydroxylation is 1. The molecule has 0 aliphatic rings. The average Bonchev–Trinajstić information content (AvgIpc) is 2.76. The zero-order valence-corrected chi connectivity index (χ0v) is 18.1. The van der Waals surface area contributed by atoms with Gasteiger partial charge in [-0.25, -0.2) is 0 Å². The quantitative estimate of drug-likeness (QED) is 0.370. The van der Waals surface area contributed by atoms with Gasteiger partial charge < -0.3 is 10.1 Å². The fourth-order valence-electron chi connectivity index (χ4n) is 2.88. The van der Waals surface area contributed by atoms with Gasteiger partial charge in [-0.05, 0) is 57.8 Å². The van der Waals surface area contributed by atoms with Crippen molar-refractivity contribution in [2.24, 2.45) is 0 Å². The van der Waals surface area contributed by atoms with Crippen molar-refractivity contribution in [3.8, 4) is 11.8 Å². The van der Waals surface area contributed by atoms with E-state index in [1.54, 1.807) is 6.08 Å². The monoisotopic (exact) mass is 460 g/mol. The lowest BCUT2D eigenvalue weighted by Gasteiger charge is -2.10. The molecule has 0 bridgehead atoms. The summed E-state index contributed by atoms with van der Waals surface area (Å²) in [6.07, 6.45) is 1.56. The number of hydrogen-bond acceptors (Lipinski definition) is 3. The maximum Gasteiger partial charge on any atom is 0.262 e. The van der Waals surface area contributed by atoms with Crippen LogP contribution in [0.1, 0.15) is 22.3 Å². The van der Waals surface area contributed by atoms with E-state index >= 15 is 0 Å². The summed E-state index contributed by atoms with van der Waals surface area (Å²) in [4.78, 5) is 12.4. The summed E-state index contributed by atoms with van der Waals surface area (Å²) in [6, 6.07) is 25.2. The van der Waals surface area contributed by atoms with Crippen LogP contribution in [0.4, 0.5) is 0 Å². The largest absolute Gasteiger partial charge is 0.488 e. The minimum atomic E-state index is -0.405. The lowest BCUT2D eigenvalue weighted by atomic mass is 10.1. The van der Waals surface area contributed by atoms with Crippen LogP contribution in [0.15, 0.2) is 82.8 Å². The summed E-state index contributed by atoms with van der Waals surface area (Å²) in [7, 11) is 0. The summed E-state index contributed by atoms with van der Waals surface area (Å²) in [5, 5.41) is 12.2. The van der Waals surface area contributed by atoms with Crippen LogP contribution in [-0.2, 0) is 17.9 Å². The minimum absolute atomic E-state index is 0.0475. The predicted octanol–water partition coefficient (Wildman–Crippen LogP) is 5.56.